The minimum absolute atomic E-state index is 0.0453. The van der Waals surface area contributed by atoms with Crippen molar-refractivity contribution in [3.63, 3.8) is 0 Å². The van der Waals surface area contributed by atoms with E-state index in [2.05, 4.69) is 163 Å². The Bertz CT molecular complexity index is 2810. The Balaban J connectivity index is 0.921. The maximum atomic E-state index is 5.16. The van der Waals surface area contributed by atoms with Crippen LogP contribution in [0.3, 0.4) is 0 Å². The summed E-state index contributed by atoms with van der Waals surface area (Å²) in [6.45, 7) is 0. The molecule has 0 radical (unpaired) electrons. The molecule has 3 aromatic heterocycles. The third-order valence-electron chi connectivity index (χ3n) is 10.1. The Morgan fingerprint density at radius 2 is 0.942 bits per heavy atom. The summed E-state index contributed by atoms with van der Waals surface area (Å²) in [7, 11) is 0. The lowest BCUT2D eigenvalue weighted by atomic mass is 9.96. The lowest BCUT2D eigenvalue weighted by molar-refractivity contribution is 0.979. The molecule has 1 N–H and O–H groups in total. The predicted octanol–water partition coefficient (Wildman–Crippen LogP) is 12.2. The van der Waals surface area contributed by atoms with Gasteiger partial charge in [0.15, 0.2) is 0 Å². The molecule has 0 spiro atoms. The van der Waals surface area contributed by atoms with Crippen LogP contribution >= 0.6 is 0 Å². The molecule has 6 aromatic carbocycles. The van der Waals surface area contributed by atoms with Crippen molar-refractivity contribution < 1.29 is 0 Å². The molecule has 0 bridgehead atoms. The van der Waals surface area contributed by atoms with Crippen LogP contribution in [0, 0.1) is 0 Å². The number of nitrogens with zero attached hydrogens (tertiary/aromatic N) is 3. The van der Waals surface area contributed by atoms with Gasteiger partial charge in [-0.3, -0.25) is 0 Å². The van der Waals surface area contributed by atoms with Gasteiger partial charge in [-0.25, -0.2) is 15.0 Å². The van der Waals surface area contributed by atoms with E-state index in [0.717, 1.165) is 72.2 Å². The maximum absolute atomic E-state index is 5.16. The lowest BCUT2D eigenvalue weighted by Crippen LogP contribution is -2.12. The third kappa shape index (κ3) is 5.47. The summed E-state index contributed by atoms with van der Waals surface area (Å²) < 4.78 is 0. The molecule has 0 fully saturated rings. The summed E-state index contributed by atoms with van der Waals surface area (Å²) >= 11 is 0. The van der Waals surface area contributed by atoms with E-state index in [1.807, 2.05) is 24.3 Å². The highest BCUT2D eigenvalue weighted by molar-refractivity contribution is 6.04. The zero-order valence-corrected chi connectivity index (χ0v) is 28.2. The molecule has 1 aliphatic rings. The number of hydrogen-bond donors (Lipinski definition) is 1. The first kappa shape index (κ1) is 30.0. The molecule has 0 saturated heterocycles. The summed E-state index contributed by atoms with van der Waals surface area (Å²) in [5.74, 6) is 0. The number of nitrogens with one attached hydrogen (secondary N) is 1. The predicted molar refractivity (Wildman–Crippen MR) is 216 cm³/mol. The fraction of sp³-hybridized carbons (Fsp3) is 0.0208. The van der Waals surface area contributed by atoms with Crippen LogP contribution < -0.4 is 5.32 Å². The Morgan fingerprint density at radius 1 is 0.404 bits per heavy atom. The highest BCUT2D eigenvalue weighted by Gasteiger charge is 2.17. The van der Waals surface area contributed by atoms with Crippen LogP contribution in [-0.2, 0) is 0 Å². The van der Waals surface area contributed by atoms with Gasteiger partial charge >= 0.3 is 0 Å². The average molecular weight is 665 g/mol. The Kier molecular flexibility index (Phi) is 7.17. The Labute approximate surface area is 301 Å². The van der Waals surface area contributed by atoms with Crippen molar-refractivity contribution in [3.05, 3.63) is 187 Å². The van der Waals surface area contributed by atoms with Crippen molar-refractivity contribution in [2.75, 3.05) is 5.32 Å². The monoisotopic (exact) mass is 664 g/mol. The van der Waals surface area contributed by atoms with Crippen molar-refractivity contribution in [1.82, 2.24) is 15.0 Å². The molecule has 1 atom stereocenters. The first-order valence-electron chi connectivity index (χ1n) is 17.6. The summed E-state index contributed by atoms with van der Waals surface area (Å²) in [4.78, 5) is 15.3. The van der Waals surface area contributed by atoms with Gasteiger partial charge in [-0.15, -0.1) is 0 Å². The quantitative estimate of drug-likeness (QED) is 0.186. The third-order valence-corrected chi connectivity index (χ3v) is 10.1. The normalized spacial score (nSPS) is 13.7. The molecule has 4 heteroatoms. The molecule has 52 heavy (non-hydrogen) atoms. The van der Waals surface area contributed by atoms with Gasteiger partial charge in [0.25, 0.3) is 0 Å². The van der Waals surface area contributed by atoms with E-state index in [1.165, 1.54) is 22.3 Å². The first-order chi connectivity index (χ1) is 25.7. The van der Waals surface area contributed by atoms with E-state index >= 15 is 0 Å². The van der Waals surface area contributed by atoms with E-state index in [-0.39, 0.29) is 6.04 Å². The topological polar surface area (TPSA) is 50.7 Å². The van der Waals surface area contributed by atoms with Crippen LogP contribution in [0.5, 0.6) is 0 Å². The minimum atomic E-state index is 0.0453. The number of anilines is 1. The number of pyridine rings is 3. The Hall–Kier alpha value is -6.91. The fourth-order valence-corrected chi connectivity index (χ4v) is 7.24. The standard InChI is InChI=1S/C48H32N4/c1-3-7-31(8-4-1)39-19-15-35-22-26-44(50-45(35)29-39)40-20-16-36-21-25-41(49-46(36)30-40)33-11-13-34(14-12-33)43-28-24-38-18-17-37-23-27-42(32-9-5-2-6-10-32)51-47(37)48(38)52-43/h1-30,41,49H. The SMILES string of the molecule is C1=CC(c2ccc(-c3ccc4ccc5ccc(-c6ccccc6)nc5c4n3)cc2)Nc2cc(-c3ccc4ccc(-c5ccccc5)cc4n3)ccc21. The first-order valence-corrected chi connectivity index (χ1v) is 17.6. The lowest BCUT2D eigenvalue weighted by Gasteiger charge is -2.23. The summed E-state index contributed by atoms with van der Waals surface area (Å²) in [6.07, 6.45) is 4.44. The highest BCUT2D eigenvalue weighted by Crippen LogP contribution is 2.35. The number of hydrogen-bond acceptors (Lipinski definition) is 4. The van der Waals surface area contributed by atoms with Crippen molar-refractivity contribution >= 4 is 44.5 Å². The van der Waals surface area contributed by atoms with Gasteiger partial charge < -0.3 is 5.32 Å². The molecule has 1 aliphatic heterocycles. The van der Waals surface area contributed by atoms with Crippen molar-refractivity contribution in [2.24, 2.45) is 0 Å². The largest absolute Gasteiger partial charge is 0.374 e. The van der Waals surface area contributed by atoms with E-state index < -0.39 is 0 Å². The summed E-state index contributed by atoms with van der Waals surface area (Å²) in [6, 6.07) is 59.6. The van der Waals surface area contributed by atoms with Gasteiger partial charge in [-0.05, 0) is 52.6 Å². The van der Waals surface area contributed by atoms with E-state index in [9.17, 15) is 0 Å². The van der Waals surface area contributed by atoms with E-state index in [0.29, 0.717) is 0 Å². The summed E-state index contributed by atoms with van der Waals surface area (Å²) in [5.41, 5.74) is 14.7. The van der Waals surface area contributed by atoms with Crippen LogP contribution in [0.25, 0.3) is 83.7 Å². The van der Waals surface area contributed by atoms with E-state index in [4.69, 9.17) is 15.0 Å². The second-order valence-corrected chi connectivity index (χ2v) is 13.3. The molecule has 244 valence electrons. The number of aromatic nitrogens is 3. The molecule has 0 amide bonds. The van der Waals surface area contributed by atoms with Crippen LogP contribution in [0.1, 0.15) is 17.2 Å². The number of benzene rings is 6. The molecule has 0 saturated carbocycles. The van der Waals surface area contributed by atoms with Crippen molar-refractivity contribution in [3.8, 4) is 44.9 Å². The van der Waals surface area contributed by atoms with Crippen molar-refractivity contribution in [2.45, 2.75) is 6.04 Å². The van der Waals surface area contributed by atoms with Gasteiger partial charge in [0, 0.05) is 38.5 Å². The average Bonchev–Trinajstić information content (AvgIpc) is 3.23. The molecule has 1 unspecified atom stereocenters. The molecule has 0 aliphatic carbocycles. The second-order valence-electron chi connectivity index (χ2n) is 13.3. The van der Waals surface area contributed by atoms with Crippen LogP contribution in [0.2, 0.25) is 0 Å². The van der Waals surface area contributed by atoms with Crippen LogP contribution in [0.4, 0.5) is 5.69 Å². The zero-order valence-electron chi connectivity index (χ0n) is 28.2. The second kappa shape index (κ2) is 12.4. The molecule has 10 rings (SSSR count). The van der Waals surface area contributed by atoms with Gasteiger partial charge in [0.05, 0.1) is 39.7 Å². The molecular weight excluding hydrogens is 633 g/mol. The smallest absolute Gasteiger partial charge is 0.0972 e. The molecular formula is C48H32N4. The van der Waals surface area contributed by atoms with Gasteiger partial charge in [0.2, 0.25) is 0 Å². The number of rotatable bonds is 5. The van der Waals surface area contributed by atoms with Gasteiger partial charge in [-0.1, -0.05) is 152 Å². The highest BCUT2D eigenvalue weighted by atomic mass is 14.9. The molecule has 4 nitrogen and oxygen atoms in total. The van der Waals surface area contributed by atoms with Crippen molar-refractivity contribution in [1.29, 1.82) is 0 Å². The summed E-state index contributed by atoms with van der Waals surface area (Å²) in [5, 5.41) is 7.07. The molecule has 4 heterocycles. The van der Waals surface area contributed by atoms with E-state index in [1.54, 1.807) is 0 Å². The molecule has 9 aromatic rings. The number of fused-ring (bicyclic) bond motifs is 5. The Morgan fingerprint density at radius 3 is 1.63 bits per heavy atom. The van der Waals surface area contributed by atoms with Crippen LogP contribution in [-0.4, -0.2) is 15.0 Å². The van der Waals surface area contributed by atoms with Gasteiger partial charge in [0.1, 0.15) is 0 Å². The van der Waals surface area contributed by atoms with Gasteiger partial charge in [-0.2, -0.15) is 0 Å². The maximum Gasteiger partial charge on any atom is 0.0972 e. The zero-order chi connectivity index (χ0) is 34.4. The van der Waals surface area contributed by atoms with Crippen LogP contribution in [0.15, 0.2) is 176 Å². The minimum Gasteiger partial charge on any atom is -0.374 e. The fourth-order valence-electron chi connectivity index (χ4n) is 7.24.